The fraction of sp³-hybridized carbons (Fsp3) is 0.333. The summed E-state index contributed by atoms with van der Waals surface area (Å²) in [4.78, 5) is 28.1. The van der Waals surface area contributed by atoms with Crippen LogP contribution in [0.4, 0.5) is 10.5 Å². The number of hydrogen-bond acceptors (Lipinski definition) is 4. The average Bonchev–Trinajstić information content (AvgIpc) is 2.85. The zero-order chi connectivity index (χ0) is 24.2. The Hall–Kier alpha value is -3.74. The first-order valence-electron chi connectivity index (χ1n) is 11.5. The number of fused-ring (bicyclic) bond motifs is 2. The van der Waals surface area contributed by atoms with E-state index in [0.717, 1.165) is 27.6 Å². The van der Waals surface area contributed by atoms with Crippen LogP contribution < -0.4 is 20.1 Å². The van der Waals surface area contributed by atoms with Gasteiger partial charge in [-0.3, -0.25) is 4.79 Å². The molecule has 4 rings (SSSR count). The minimum atomic E-state index is -0.668. The predicted molar refractivity (Wildman–Crippen MR) is 133 cm³/mol. The van der Waals surface area contributed by atoms with Crippen molar-refractivity contribution < 1.29 is 19.1 Å². The van der Waals surface area contributed by atoms with E-state index in [1.165, 1.54) is 0 Å². The van der Waals surface area contributed by atoms with Gasteiger partial charge in [0.2, 0.25) is 5.91 Å². The van der Waals surface area contributed by atoms with Crippen molar-refractivity contribution in [3.05, 3.63) is 65.7 Å². The number of ether oxygens (including phenoxy) is 2. The Morgan fingerprint density at radius 3 is 2.32 bits per heavy atom. The molecule has 0 saturated heterocycles. The maximum atomic E-state index is 13.2. The minimum absolute atomic E-state index is 0.0830. The molecule has 0 radical (unpaired) electrons. The van der Waals surface area contributed by atoms with Gasteiger partial charge in [-0.25, -0.2) is 4.79 Å². The van der Waals surface area contributed by atoms with Crippen LogP contribution in [0.3, 0.4) is 0 Å². The molecule has 0 saturated carbocycles. The predicted octanol–water partition coefficient (Wildman–Crippen LogP) is 4.59. The van der Waals surface area contributed by atoms with Gasteiger partial charge in [-0.1, -0.05) is 50.2 Å². The summed E-state index contributed by atoms with van der Waals surface area (Å²) >= 11 is 0. The van der Waals surface area contributed by atoms with Gasteiger partial charge in [0.05, 0.1) is 14.2 Å². The lowest BCUT2D eigenvalue weighted by molar-refractivity contribution is -0.118. The van der Waals surface area contributed by atoms with Crippen LogP contribution in [0.15, 0.2) is 54.6 Å². The summed E-state index contributed by atoms with van der Waals surface area (Å²) in [7, 11) is 3.21. The van der Waals surface area contributed by atoms with Crippen molar-refractivity contribution in [1.82, 2.24) is 10.2 Å². The number of anilines is 1. The number of urea groups is 1. The monoisotopic (exact) mass is 461 g/mol. The number of carbonyl (C=O) groups is 2. The minimum Gasteiger partial charge on any atom is -0.493 e. The normalized spacial score (nSPS) is 13.9. The summed E-state index contributed by atoms with van der Waals surface area (Å²) in [5.41, 5.74) is 2.88. The second-order valence-electron chi connectivity index (χ2n) is 8.83. The Labute approximate surface area is 200 Å². The van der Waals surface area contributed by atoms with E-state index in [1.807, 2.05) is 68.4 Å². The molecule has 7 nitrogen and oxygen atoms in total. The Kier molecular flexibility index (Phi) is 6.91. The Balaban J connectivity index is 1.47. The van der Waals surface area contributed by atoms with Gasteiger partial charge in [0.15, 0.2) is 11.5 Å². The van der Waals surface area contributed by atoms with E-state index in [0.29, 0.717) is 31.0 Å². The second-order valence-corrected chi connectivity index (χ2v) is 8.83. The molecule has 1 aliphatic heterocycles. The molecule has 0 aromatic heterocycles. The fourth-order valence-electron chi connectivity index (χ4n) is 4.36. The van der Waals surface area contributed by atoms with Gasteiger partial charge >= 0.3 is 6.03 Å². The summed E-state index contributed by atoms with van der Waals surface area (Å²) in [5, 5.41) is 7.98. The van der Waals surface area contributed by atoms with Gasteiger partial charge in [0, 0.05) is 24.2 Å². The van der Waals surface area contributed by atoms with E-state index in [4.69, 9.17) is 9.47 Å². The van der Waals surface area contributed by atoms with Crippen LogP contribution in [0.1, 0.15) is 25.0 Å². The fourth-order valence-corrected chi connectivity index (χ4v) is 4.36. The number of rotatable bonds is 6. The molecule has 178 valence electrons. The van der Waals surface area contributed by atoms with Gasteiger partial charge < -0.3 is 25.0 Å². The van der Waals surface area contributed by atoms with Crippen LogP contribution in [-0.2, 0) is 17.8 Å². The third kappa shape index (κ3) is 4.78. The Morgan fingerprint density at radius 1 is 0.941 bits per heavy atom. The first-order chi connectivity index (χ1) is 16.4. The topological polar surface area (TPSA) is 79.9 Å². The number of carbonyl (C=O) groups excluding carboxylic acids is 2. The highest BCUT2D eigenvalue weighted by Gasteiger charge is 2.29. The van der Waals surface area contributed by atoms with Crippen molar-refractivity contribution in [2.75, 3.05) is 26.1 Å². The van der Waals surface area contributed by atoms with Crippen LogP contribution in [0.25, 0.3) is 10.8 Å². The lowest BCUT2D eigenvalue weighted by Gasteiger charge is -2.32. The molecule has 1 aliphatic rings. The second kappa shape index (κ2) is 10.0. The quantitative estimate of drug-likeness (QED) is 0.563. The van der Waals surface area contributed by atoms with E-state index >= 15 is 0 Å². The lowest BCUT2D eigenvalue weighted by Crippen LogP contribution is -2.52. The van der Waals surface area contributed by atoms with Crippen LogP contribution >= 0.6 is 0 Å². The third-order valence-electron chi connectivity index (χ3n) is 6.28. The molecular formula is C27H31N3O4. The zero-order valence-corrected chi connectivity index (χ0v) is 20.1. The first kappa shape index (κ1) is 23.4. The molecule has 34 heavy (non-hydrogen) atoms. The van der Waals surface area contributed by atoms with Crippen molar-refractivity contribution >= 4 is 28.4 Å². The molecule has 1 atom stereocenters. The van der Waals surface area contributed by atoms with E-state index in [1.54, 1.807) is 19.1 Å². The Morgan fingerprint density at radius 2 is 1.62 bits per heavy atom. The SMILES string of the molecule is COc1cc2c(cc1OC)CN(C(=O)N[C@H](C(=O)Nc1cccc3ccccc13)C(C)C)CC2. The van der Waals surface area contributed by atoms with Gasteiger partial charge in [0.25, 0.3) is 0 Å². The Bertz CT molecular complexity index is 1200. The van der Waals surface area contributed by atoms with Crippen LogP contribution in [-0.4, -0.2) is 43.6 Å². The van der Waals surface area contributed by atoms with Gasteiger partial charge in [-0.05, 0) is 47.1 Å². The molecule has 3 aromatic rings. The smallest absolute Gasteiger partial charge is 0.318 e. The highest BCUT2D eigenvalue weighted by molar-refractivity contribution is 6.04. The molecule has 0 unspecified atom stereocenters. The number of nitrogens with zero attached hydrogens (tertiary/aromatic N) is 1. The van der Waals surface area contributed by atoms with Gasteiger partial charge in [-0.15, -0.1) is 0 Å². The highest BCUT2D eigenvalue weighted by atomic mass is 16.5. The van der Waals surface area contributed by atoms with Gasteiger partial charge in [-0.2, -0.15) is 0 Å². The lowest BCUT2D eigenvalue weighted by atomic mass is 9.98. The molecule has 2 N–H and O–H groups in total. The van der Waals surface area contributed by atoms with E-state index in [2.05, 4.69) is 10.6 Å². The summed E-state index contributed by atoms with van der Waals surface area (Å²) in [6.45, 7) is 4.86. The van der Waals surface area contributed by atoms with Crippen LogP contribution in [0, 0.1) is 5.92 Å². The zero-order valence-electron chi connectivity index (χ0n) is 20.1. The molecule has 0 spiro atoms. The molecule has 0 bridgehead atoms. The number of nitrogens with one attached hydrogen (secondary N) is 2. The average molecular weight is 462 g/mol. The van der Waals surface area contributed by atoms with Crippen molar-refractivity contribution in [2.45, 2.75) is 32.9 Å². The summed E-state index contributed by atoms with van der Waals surface area (Å²) < 4.78 is 10.8. The maximum Gasteiger partial charge on any atom is 0.318 e. The molecular weight excluding hydrogens is 430 g/mol. The molecule has 3 amide bonds. The number of methoxy groups -OCH3 is 2. The maximum absolute atomic E-state index is 13.2. The number of benzene rings is 3. The van der Waals surface area contributed by atoms with Crippen molar-refractivity contribution in [3.8, 4) is 11.5 Å². The largest absolute Gasteiger partial charge is 0.493 e. The van der Waals surface area contributed by atoms with E-state index in [-0.39, 0.29) is 17.9 Å². The molecule has 0 aliphatic carbocycles. The van der Waals surface area contributed by atoms with Crippen molar-refractivity contribution in [3.63, 3.8) is 0 Å². The van der Waals surface area contributed by atoms with E-state index in [9.17, 15) is 9.59 Å². The third-order valence-corrected chi connectivity index (χ3v) is 6.28. The standard InChI is InChI=1S/C27H31N3O4/c1-17(2)25(26(31)28-22-11-7-9-18-8-5-6-10-21(18)22)29-27(32)30-13-12-19-14-23(33-3)24(34-4)15-20(19)16-30/h5-11,14-15,17,25H,12-13,16H2,1-4H3,(H,28,31)(H,29,32)/t25-/m0/s1. The number of amides is 3. The summed E-state index contributed by atoms with van der Waals surface area (Å²) in [5.74, 6) is 1.01. The van der Waals surface area contributed by atoms with Crippen molar-refractivity contribution in [1.29, 1.82) is 0 Å². The van der Waals surface area contributed by atoms with Crippen molar-refractivity contribution in [2.24, 2.45) is 5.92 Å². The summed E-state index contributed by atoms with van der Waals surface area (Å²) in [6, 6.07) is 16.6. The molecule has 1 heterocycles. The van der Waals surface area contributed by atoms with Crippen LogP contribution in [0.2, 0.25) is 0 Å². The first-order valence-corrected chi connectivity index (χ1v) is 11.5. The van der Waals surface area contributed by atoms with Crippen LogP contribution in [0.5, 0.6) is 11.5 Å². The molecule has 0 fully saturated rings. The summed E-state index contributed by atoms with van der Waals surface area (Å²) in [6.07, 6.45) is 0.706. The van der Waals surface area contributed by atoms with Gasteiger partial charge in [0.1, 0.15) is 6.04 Å². The highest BCUT2D eigenvalue weighted by Crippen LogP contribution is 2.33. The number of hydrogen-bond donors (Lipinski definition) is 2. The molecule has 7 heteroatoms. The molecule has 3 aromatic carbocycles. The van der Waals surface area contributed by atoms with E-state index < -0.39 is 6.04 Å².